The van der Waals surface area contributed by atoms with Gasteiger partial charge in [-0.05, 0) is 18.8 Å². The Morgan fingerprint density at radius 1 is 0.704 bits per heavy atom. The highest BCUT2D eigenvalue weighted by molar-refractivity contribution is 5.69. The Bertz CT molecular complexity index is 320. The van der Waals surface area contributed by atoms with Gasteiger partial charge in [-0.3, -0.25) is 4.79 Å². The Kier molecular flexibility index (Phi) is 17.1. The number of rotatable bonds is 19. The van der Waals surface area contributed by atoms with Crippen LogP contribution in [-0.4, -0.2) is 12.6 Å². The van der Waals surface area contributed by atoms with Gasteiger partial charge in [0.1, 0.15) is 0 Å². The molecule has 1 fully saturated rings. The lowest BCUT2D eigenvalue weighted by atomic mass is 10.0. The van der Waals surface area contributed by atoms with E-state index in [1.54, 1.807) is 0 Å². The van der Waals surface area contributed by atoms with Gasteiger partial charge in [-0.25, -0.2) is 0 Å². The molecule has 0 spiro atoms. The Hall–Kier alpha value is -0.530. The van der Waals surface area contributed by atoms with Crippen molar-refractivity contribution in [1.82, 2.24) is 0 Å². The minimum Gasteiger partial charge on any atom is -0.466 e. The third kappa shape index (κ3) is 16.2. The second-order valence-corrected chi connectivity index (χ2v) is 8.86. The summed E-state index contributed by atoms with van der Waals surface area (Å²) >= 11 is 0. The summed E-state index contributed by atoms with van der Waals surface area (Å²) in [6, 6.07) is 0. The molecule has 0 N–H and O–H groups in total. The van der Waals surface area contributed by atoms with Crippen LogP contribution in [0.3, 0.4) is 0 Å². The summed E-state index contributed by atoms with van der Waals surface area (Å²) in [6.45, 7) is 2.93. The van der Waals surface area contributed by atoms with Crippen LogP contribution in [0.2, 0.25) is 0 Å². The van der Waals surface area contributed by atoms with Crippen molar-refractivity contribution in [3.05, 3.63) is 0 Å². The van der Waals surface area contributed by atoms with E-state index in [0.29, 0.717) is 13.0 Å². The van der Waals surface area contributed by atoms with Gasteiger partial charge in [0.25, 0.3) is 0 Å². The van der Waals surface area contributed by atoms with E-state index < -0.39 is 0 Å². The van der Waals surface area contributed by atoms with Crippen LogP contribution in [-0.2, 0) is 9.53 Å². The molecule has 0 amide bonds. The zero-order valence-corrected chi connectivity index (χ0v) is 18.5. The number of hydrogen-bond acceptors (Lipinski definition) is 2. The van der Waals surface area contributed by atoms with Crippen molar-refractivity contribution in [2.45, 2.75) is 142 Å². The summed E-state index contributed by atoms with van der Waals surface area (Å²) in [5.74, 6) is 0.829. The second kappa shape index (κ2) is 18.8. The second-order valence-electron chi connectivity index (χ2n) is 8.86. The molecule has 0 aromatic carbocycles. The number of ether oxygens (including phenoxy) is 1. The lowest BCUT2D eigenvalue weighted by Crippen LogP contribution is -2.07. The number of esters is 1. The molecular weight excluding hydrogens is 332 g/mol. The van der Waals surface area contributed by atoms with Crippen molar-refractivity contribution < 1.29 is 9.53 Å². The highest BCUT2D eigenvalue weighted by Crippen LogP contribution is 2.28. The molecule has 1 rings (SSSR count). The Balaban J connectivity index is 1.70. The standard InChI is InChI=1S/C25H48O2/c1-2-3-4-5-6-7-8-9-10-11-12-13-14-15-18-23-27-25(26)22-21-24-19-16-17-20-24/h24H,2-23H2,1H3. The average molecular weight is 381 g/mol. The third-order valence-corrected chi connectivity index (χ3v) is 6.24. The molecule has 2 heteroatoms. The van der Waals surface area contributed by atoms with Crippen LogP contribution < -0.4 is 0 Å². The van der Waals surface area contributed by atoms with Crippen LogP contribution in [0.1, 0.15) is 142 Å². The quantitative estimate of drug-likeness (QED) is 0.166. The maximum absolute atomic E-state index is 11.7. The number of carbonyl (C=O) groups is 1. The molecule has 2 nitrogen and oxygen atoms in total. The van der Waals surface area contributed by atoms with E-state index in [0.717, 1.165) is 18.8 Å². The summed E-state index contributed by atoms with van der Waals surface area (Å²) in [7, 11) is 0. The van der Waals surface area contributed by atoms with E-state index in [4.69, 9.17) is 4.74 Å². The minimum absolute atomic E-state index is 0.0345. The van der Waals surface area contributed by atoms with Gasteiger partial charge in [-0.15, -0.1) is 0 Å². The molecule has 0 aromatic heterocycles. The molecule has 27 heavy (non-hydrogen) atoms. The molecule has 160 valence electrons. The average Bonchev–Trinajstić information content (AvgIpc) is 3.19. The summed E-state index contributed by atoms with van der Waals surface area (Å²) in [5, 5.41) is 0. The molecule has 0 bridgehead atoms. The molecule has 0 atom stereocenters. The molecule has 0 unspecified atom stereocenters. The molecule has 0 aliphatic heterocycles. The van der Waals surface area contributed by atoms with Gasteiger partial charge >= 0.3 is 5.97 Å². The first kappa shape index (κ1) is 24.5. The van der Waals surface area contributed by atoms with E-state index >= 15 is 0 Å². The fraction of sp³-hybridized carbons (Fsp3) is 0.960. The van der Waals surface area contributed by atoms with E-state index in [1.165, 1.54) is 116 Å². The first-order valence-electron chi connectivity index (χ1n) is 12.5. The molecule has 0 radical (unpaired) electrons. The monoisotopic (exact) mass is 380 g/mol. The molecular formula is C25H48O2. The Morgan fingerprint density at radius 3 is 1.63 bits per heavy atom. The maximum atomic E-state index is 11.7. The molecule has 1 aliphatic rings. The molecule has 1 saturated carbocycles. The number of hydrogen-bond donors (Lipinski definition) is 0. The zero-order valence-electron chi connectivity index (χ0n) is 18.5. The summed E-state index contributed by atoms with van der Waals surface area (Å²) in [4.78, 5) is 11.7. The fourth-order valence-corrected chi connectivity index (χ4v) is 4.35. The summed E-state index contributed by atoms with van der Waals surface area (Å²) < 4.78 is 5.38. The SMILES string of the molecule is CCCCCCCCCCCCCCCCCOC(=O)CCC1CCCC1. The van der Waals surface area contributed by atoms with Gasteiger partial charge in [-0.1, -0.05) is 122 Å². The molecule has 0 aromatic rings. The first-order valence-corrected chi connectivity index (χ1v) is 12.5. The molecule has 1 aliphatic carbocycles. The summed E-state index contributed by atoms with van der Waals surface area (Å²) in [6.07, 6.45) is 27.6. The van der Waals surface area contributed by atoms with Crippen molar-refractivity contribution in [2.24, 2.45) is 5.92 Å². The highest BCUT2D eigenvalue weighted by Gasteiger charge is 2.16. The van der Waals surface area contributed by atoms with Crippen LogP contribution in [0.4, 0.5) is 0 Å². The van der Waals surface area contributed by atoms with Crippen LogP contribution >= 0.6 is 0 Å². The Morgan fingerprint density at radius 2 is 1.15 bits per heavy atom. The van der Waals surface area contributed by atoms with Crippen LogP contribution in [0.25, 0.3) is 0 Å². The number of carbonyl (C=O) groups excluding carboxylic acids is 1. The van der Waals surface area contributed by atoms with Crippen LogP contribution in [0, 0.1) is 5.92 Å². The summed E-state index contributed by atoms with van der Waals surface area (Å²) in [5.41, 5.74) is 0. The highest BCUT2D eigenvalue weighted by atomic mass is 16.5. The smallest absolute Gasteiger partial charge is 0.305 e. The first-order chi connectivity index (χ1) is 13.3. The van der Waals surface area contributed by atoms with Crippen molar-refractivity contribution in [3.63, 3.8) is 0 Å². The van der Waals surface area contributed by atoms with E-state index in [-0.39, 0.29) is 5.97 Å². The van der Waals surface area contributed by atoms with E-state index in [1.807, 2.05) is 0 Å². The topological polar surface area (TPSA) is 26.3 Å². The van der Waals surface area contributed by atoms with Gasteiger partial charge in [-0.2, -0.15) is 0 Å². The van der Waals surface area contributed by atoms with Gasteiger partial charge in [0.2, 0.25) is 0 Å². The Labute approximate surface area is 170 Å². The number of unbranched alkanes of at least 4 members (excludes halogenated alkanes) is 14. The predicted molar refractivity (Wildman–Crippen MR) is 117 cm³/mol. The largest absolute Gasteiger partial charge is 0.466 e. The fourth-order valence-electron chi connectivity index (χ4n) is 4.35. The van der Waals surface area contributed by atoms with Gasteiger partial charge in [0, 0.05) is 6.42 Å². The van der Waals surface area contributed by atoms with Gasteiger partial charge in [0.15, 0.2) is 0 Å². The van der Waals surface area contributed by atoms with Crippen LogP contribution in [0.5, 0.6) is 0 Å². The zero-order chi connectivity index (χ0) is 19.4. The van der Waals surface area contributed by atoms with Crippen molar-refractivity contribution in [1.29, 1.82) is 0 Å². The lowest BCUT2D eigenvalue weighted by molar-refractivity contribution is -0.144. The maximum Gasteiger partial charge on any atom is 0.305 e. The molecule has 0 saturated heterocycles. The van der Waals surface area contributed by atoms with Gasteiger partial charge in [0.05, 0.1) is 6.61 Å². The van der Waals surface area contributed by atoms with Gasteiger partial charge < -0.3 is 4.74 Å². The van der Waals surface area contributed by atoms with Crippen molar-refractivity contribution in [3.8, 4) is 0 Å². The lowest BCUT2D eigenvalue weighted by Gasteiger charge is -2.08. The van der Waals surface area contributed by atoms with E-state index in [9.17, 15) is 4.79 Å². The normalized spacial score (nSPS) is 14.7. The predicted octanol–water partition coefficient (Wildman–Crippen LogP) is 8.37. The van der Waals surface area contributed by atoms with Crippen molar-refractivity contribution in [2.75, 3.05) is 6.61 Å². The third-order valence-electron chi connectivity index (χ3n) is 6.24. The van der Waals surface area contributed by atoms with E-state index in [2.05, 4.69) is 6.92 Å². The minimum atomic E-state index is 0.0345. The van der Waals surface area contributed by atoms with Crippen molar-refractivity contribution >= 4 is 5.97 Å². The molecule has 0 heterocycles. The van der Waals surface area contributed by atoms with Crippen LogP contribution in [0.15, 0.2) is 0 Å².